The lowest BCUT2D eigenvalue weighted by Crippen LogP contribution is -2.39. The summed E-state index contributed by atoms with van der Waals surface area (Å²) in [5.74, 6) is -0.296. The van der Waals surface area contributed by atoms with Gasteiger partial charge in [-0.3, -0.25) is 4.79 Å². The summed E-state index contributed by atoms with van der Waals surface area (Å²) in [6, 6.07) is 0. The molecule has 0 radical (unpaired) electrons. The average Bonchev–Trinajstić information content (AvgIpc) is 2.65. The van der Waals surface area contributed by atoms with Crippen LogP contribution in [0.15, 0.2) is 23.4 Å². The molecule has 0 aliphatic heterocycles. The van der Waals surface area contributed by atoms with Crippen LogP contribution in [-0.2, 0) is 19.1 Å². The van der Waals surface area contributed by atoms with Crippen molar-refractivity contribution >= 4 is 23.5 Å². The molecule has 2 aliphatic carbocycles. The lowest BCUT2D eigenvalue weighted by atomic mass is 9.88. The Balaban J connectivity index is 2.25. The highest BCUT2D eigenvalue weighted by molar-refractivity contribution is 6.27. The van der Waals surface area contributed by atoms with E-state index in [1.165, 1.54) is 26.4 Å². The third-order valence-electron chi connectivity index (χ3n) is 4.75. The van der Waals surface area contributed by atoms with E-state index in [2.05, 4.69) is 0 Å². The van der Waals surface area contributed by atoms with Gasteiger partial charge in [0.15, 0.2) is 0 Å². The SMILES string of the molecule is COC(=O)C1=CC(OC)CC=C1N(CC1CCCCC1)C(=O)CCl. The minimum Gasteiger partial charge on any atom is -0.465 e. The van der Waals surface area contributed by atoms with E-state index in [1.807, 2.05) is 6.08 Å². The van der Waals surface area contributed by atoms with Crippen LogP contribution >= 0.6 is 11.6 Å². The van der Waals surface area contributed by atoms with Crippen LogP contribution < -0.4 is 0 Å². The van der Waals surface area contributed by atoms with Crippen molar-refractivity contribution in [2.45, 2.75) is 44.6 Å². The normalized spacial score (nSPS) is 21.7. The van der Waals surface area contributed by atoms with E-state index in [-0.39, 0.29) is 17.9 Å². The summed E-state index contributed by atoms with van der Waals surface area (Å²) in [5.41, 5.74) is 0.983. The van der Waals surface area contributed by atoms with Gasteiger partial charge >= 0.3 is 5.97 Å². The maximum atomic E-state index is 12.4. The van der Waals surface area contributed by atoms with Crippen molar-refractivity contribution in [2.24, 2.45) is 5.92 Å². The minimum absolute atomic E-state index is 0.105. The van der Waals surface area contributed by atoms with Gasteiger partial charge in [0.05, 0.1) is 24.5 Å². The van der Waals surface area contributed by atoms with Crippen LogP contribution in [0, 0.1) is 5.92 Å². The van der Waals surface area contributed by atoms with Crippen molar-refractivity contribution in [1.29, 1.82) is 0 Å². The van der Waals surface area contributed by atoms with Crippen molar-refractivity contribution in [3.8, 4) is 0 Å². The van der Waals surface area contributed by atoms with Crippen LogP contribution in [0.4, 0.5) is 0 Å². The van der Waals surface area contributed by atoms with E-state index in [4.69, 9.17) is 21.1 Å². The van der Waals surface area contributed by atoms with Gasteiger partial charge in [-0.05, 0) is 31.3 Å². The lowest BCUT2D eigenvalue weighted by molar-refractivity contribution is -0.136. The van der Waals surface area contributed by atoms with Crippen LogP contribution in [-0.4, -0.2) is 49.5 Å². The molecule has 0 spiro atoms. The molecule has 0 aromatic rings. The van der Waals surface area contributed by atoms with Gasteiger partial charge in [-0.15, -0.1) is 11.6 Å². The summed E-state index contributed by atoms with van der Waals surface area (Å²) < 4.78 is 10.2. The smallest absolute Gasteiger partial charge is 0.339 e. The summed E-state index contributed by atoms with van der Waals surface area (Å²) in [6.45, 7) is 0.601. The molecule has 0 bridgehead atoms. The molecule has 1 saturated carbocycles. The highest BCUT2D eigenvalue weighted by Gasteiger charge is 2.30. The van der Waals surface area contributed by atoms with Crippen molar-refractivity contribution in [3.05, 3.63) is 23.4 Å². The Morgan fingerprint density at radius 1 is 1.25 bits per heavy atom. The van der Waals surface area contributed by atoms with E-state index in [1.54, 1.807) is 18.1 Å². The van der Waals surface area contributed by atoms with Gasteiger partial charge in [0, 0.05) is 13.7 Å². The predicted octanol–water partition coefficient (Wildman–Crippen LogP) is 3.04. The quantitative estimate of drug-likeness (QED) is 0.543. The fourth-order valence-corrected chi connectivity index (χ4v) is 3.56. The molecule has 0 aromatic carbocycles. The third-order valence-corrected chi connectivity index (χ3v) is 4.98. The number of hydrogen-bond acceptors (Lipinski definition) is 4. The van der Waals surface area contributed by atoms with Gasteiger partial charge in [-0.1, -0.05) is 25.3 Å². The number of ether oxygens (including phenoxy) is 2. The highest BCUT2D eigenvalue weighted by Crippen LogP contribution is 2.30. The van der Waals surface area contributed by atoms with Crippen molar-refractivity contribution in [3.63, 3.8) is 0 Å². The number of carbonyl (C=O) groups is 2. The molecular formula is C18H26ClNO4. The van der Waals surface area contributed by atoms with Gasteiger partial charge in [0.1, 0.15) is 5.88 Å². The number of methoxy groups -OCH3 is 2. The second kappa shape index (κ2) is 9.23. The molecule has 2 rings (SSSR count). The number of esters is 1. The summed E-state index contributed by atoms with van der Waals surface area (Å²) in [7, 11) is 2.94. The zero-order valence-electron chi connectivity index (χ0n) is 14.4. The Morgan fingerprint density at radius 3 is 2.54 bits per heavy atom. The molecule has 5 nitrogen and oxygen atoms in total. The van der Waals surface area contributed by atoms with E-state index >= 15 is 0 Å². The molecule has 0 heterocycles. The molecule has 134 valence electrons. The Labute approximate surface area is 148 Å². The van der Waals surface area contributed by atoms with Gasteiger partial charge in [0.25, 0.3) is 0 Å². The molecule has 1 amide bonds. The van der Waals surface area contributed by atoms with Crippen LogP contribution in [0.1, 0.15) is 38.5 Å². The second-order valence-corrected chi connectivity index (χ2v) is 6.58. The van der Waals surface area contributed by atoms with E-state index in [0.29, 0.717) is 30.2 Å². The minimum atomic E-state index is -0.459. The van der Waals surface area contributed by atoms with Crippen LogP contribution in [0.3, 0.4) is 0 Å². The standard InChI is InChI=1S/C18H26ClNO4/c1-23-14-8-9-16(15(10-14)18(22)24-2)20(17(21)11-19)12-13-6-4-3-5-7-13/h9-10,13-14H,3-8,11-12H2,1-2H3. The molecule has 1 unspecified atom stereocenters. The lowest BCUT2D eigenvalue weighted by Gasteiger charge is -2.33. The molecule has 0 aromatic heterocycles. The van der Waals surface area contributed by atoms with Gasteiger partial charge in [-0.25, -0.2) is 4.79 Å². The molecule has 2 aliphatic rings. The second-order valence-electron chi connectivity index (χ2n) is 6.31. The summed E-state index contributed by atoms with van der Waals surface area (Å²) in [6.07, 6.45) is 9.90. The number of halogens is 1. The summed E-state index contributed by atoms with van der Waals surface area (Å²) in [4.78, 5) is 26.3. The fraction of sp³-hybridized carbons (Fsp3) is 0.667. The maximum absolute atomic E-state index is 12.4. The number of rotatable bonds is 6. The first-order chi connectivity index (χ1) is 11.6. The Bertz CT molecular complexity index is 523. The molecule has 0 saturated heterocycles. The van der Waals surface area contributed by atoms with Crippen LogP contribution in [0.5, 0.6) is 0 Å². The molecule has 1 fully saturated rings. The molecule has 24 heavy (non-hydrogen) atoms. The number of amides is 1. The first-order valence-corrected chi connectivity index (χ1v) is 9.04. The molecular weight excluding hydrogens is 330 g/mol. The van der Waals surface area contributed by atoms with Gasteiger partial charge in [-0.2, -0.15) is 0 Å². The van der Waals surface area contributed by atoms with Crippen molar-refractivity contribution < 1.29 is 19.1 Å². The van der Waals surface area contributed by atoms with E-state index in [0.717, 1.165) is 12.8 Å². The first kappa shape index (κ1) is 19.0. The topological polar surface area (TPSA) is 55.8 Å². The van der Waals surface area contributed by atoms with Gasteiger partial charge < -0.3 is 14.4 Å². The number of hydrogen-bond donors (Lipinski definition) is 0. The monoisotopic (exact) mass is 355 g/mol. The molecule has 6 heteroatoms. The first-order valence-electron chi connectivity index (χ1n) is 8.50. The summed E-state index contributed by atoms with van der Waals surface area (Å²) >= 11 is 5.82. The van der Waals surface area contributed by atoms with Crippen molar-refractivity contribution in [2.75, 3.05) is 26.6 Å². The highest BCUT2D eigenvalue weighted by atomic mass is 35.5. The largest absolute Gasteiger partial charge is 0.465 e. The zero-order valence-corrected chi connectivity index (χ0v) is 15.2. The number of nitrogens with zero attached hydrogens (tertiary/aromatic N) is 1. The van der Waals surface area contributed by atoms with Crippen molar-refractivity contribution in [1.82, 2.24) is 4.90 Å². The van der Waals surface area contributed by atoms with Crippen LogP contribution in [0.25, 0.3) is 0 Å². The number of alkyl halides is 1. The zero-order chi connectivity index (χ0) is 17.5. The molecule has 1 atom stereocenters. The summed E-state index contributed by atoms with van der Waals surface area (Å²) in [5, 5.41) is 0. The molecule has 0 N–H and O–H groups in total. The average molecular weight is 356 g/mol. The number of carbonyl (C=O) groups excluding carboxylic acids is 2. The Hall–Kier alpha value is -1.33. The van der Waals surface area contributed by atoms with Gasteiger partial charge in [0.2, 0.25) is 5.91 Å². The Morgan fingerprint density at radius 2 is 1.96 bits per heavy atom. The third kappa shape index (κ3) is 4.61. The predicted molar refractivity (Wildman–Crippen MR) is 92.6 cm³/mol. The van der Waals surface area contributed by atoms with E-state index < -0.39 is 5.97 Å². The Kier molecular flexibility index (Phi) is 7.31. The fourth-order valence-electron chi connectivity index (χ4n) is 3.41. The van der Waals surface area contributed by atoms with Crippen LogP contribution in [0.2, 0.25) is 0 Å². The van der Waals surface area contributed by atoms with E-state index in [9.17, 15) is 9.59 Å². The maximum Gasteiger partial charge on any atom is 0.339 e.